The first-order chi connectivity index (χ1) is 15.1. The lowest BCUT2D eigenvalue weighted by atomic mass is 10.2. The smallest absolute Gasteiger partial charge is 0.148 e. The first-order valence-corrected chi connectivity index (χ1v) is 10.4. The number of aryl methyl sites for hydroxylation is 1. The van der Waals surface area contributed by atoms with E-state index >= 15 is 0 Å². The first kappa shape index (κ1) is 18.3. The van der Waals surface area contributed by atoms with Gasteiger partial charge in [0.15, 0.2) is 0 Å². The van der Waals surface area contributed by atoms with Crippen LogP contribution in [0.4, 0.5) is 0 Å². The van der Waals surface area contributed by atoms with Gasteiger partial charge in [0, 0.05) is 30.9 Å². The zero-order chi connectivity index (χ0) is 20.9. The maximum Gasteiger partial charge on any atom is 0.148 e. The average molecular weight is 432 g/mol. The summed E-state index contributed by atoms with van der Waals surface area (Å²) in [4.78, 5) is 16.9. The molecule has 1 saturated heterocycles. The monoisotopic (exact) mass is 431 g/mol. The number of ether oxygens (including phenoxy) is 1. The minimum Gasteiger partial charge on any atom is -0.456 e. The van der Waals surface area contributed by atoms with Crippen molar-refractivity contribution in [2.45, 2.75) is 13.0 Å². The Labute approximate surface area is 182 Å². The molecule has 9 heteroatoms. The second-order valence-corrected chi connectivity index (χ2v) is 8.00. The van der Waals surface area contributed by atoms with E-state index in [-0.39, 0.29) is 0 Å². The van der Waals surface area contributed by atoms with Crippen LogP contribution >= 0.6 is 11.6 Å². The van der Waals surface area contributed by atoms with Gasteiger partial charge < -0.3 is 15.0 Å². The van der Waals surface area contributed by atoms with Crippen LogP contribution in [0.1, 0.15) is 11.9 Å². The van der Waals surface area contributed by atoms with Crippen molar-refractivity contribution in [3.05, 3.63) is 59.8 Å². The van der Waals surface area contributed by atoms with Gasteiger partial charge in [-0.05, 0) is 31.2 Å². The van der Waals surface area contributed by atoms with Crippen LogP contribution in [-0.2, 0) is 0 Å². The highest BCUT2D eigenvalue weighted by atomic mass is 35.5. The van der Waals surface area contributed by atoms with Gasteiger partial charge in [-0.15, -0.1) is 0 Å². The van der Waals surface area contributed by atoms with Gasteiger partial charge in [0.25, 0.3) is 0 Å². The van der Waals surface area contributed by atoms with Crippen molar-refractivity contribution >= 4 is 33.7 Å². The molecule has 31 heavy (non-hydrogen) atoms. The number of H-pyrrole nitrogens is 1. The number of nitrogens with zero attached hydrogens (tertiary/aromatic N) is 5. The van der Waals surface area contributed by atoms with Gasteiger partial charge in [0.2, 0.25) is 0 Å². The number of aromatic amines is 1. The van der Waals surface area contributed by atoms with E-state index in [1.807, 2.05) is 54.3 Å². The molecule has 154 valence electrons. The molecule has 0 spiro atoms. The lowest BCUT2D eigenvalue weighted by Crippen LogP contribution is -2.43. The fraction of sp³-hybridized carbons (Fsp3) is 0.182. The van der Waals surface area contributed by atoms with Gasteiger partial charge >= 0.3 is 0 Å². The highest BCUT2D eigenvalue weighted by Crippen LogP contribution is 2.35. The molecule has 0 unspecified atom stereocenters. The molecule has 2 N–H and O–H groups in total. The fourth-order valence-corrected chi connectivity index (χ4v) is 3.92. The summed E-state index contributed by atoms with van der Waals surface area (Å²) in [6.45, 7) is 3.78. The number of imidazole rings is 1. The Kier molecular flexibility index (Phi) is 4.15. The van der Waals surface area contributed by atoms with Crippen LogP contribution in [0.15, 0.2) is 48.9 Å². The van der Waals surface area contributed by atoms with Crippen LogP contribution in [0.5, 0.6) is 11.5 Å². The minimum atomic E-state index is 0.391. The van der Waals surface area contributed by atoms with E-state index in [1.165, 1.54) is 0 Å². The molecule has 1 aliphatic heterocycles. The molecule has 6 rings (SSSR count). The number of aromatic nitrogens is 6. The molecule has 4 heterocycles. The number of hydrogen-bond donors (Lipinski definition) is 2. The van der Waals surface area contributed by atoms with E-state index in [0.29, 0.717) is 33.6 Å². The topological polar surface area (TPSA) is 93.5 Å². The third kappa shape index (κ3) is 3.20. The van der Waals surface area contributed by atoms with Crippen molar-refractivity contribution in [3.8, 4) is 22.8 Å². The molecule has 0 bridgehead atoms. The van der Waals surface area contributed by atoms with E-state index in [0.717, 1.165) is 41.2 Å². The Morgan fingerprint density at radius 1 is 1.10 bits per heavy atom. The van der Waals surface area contributed by atoms with Gasteiger partial charge in [0.1, 0.15) is 27.9 Å². The second-order valence-electron chi connectivity index (χ2n) is 7.62. The number of halogens is 1. The van der Waals surface area contributed by atoms with Crippen molar-refractivity contribution < 1.29 is 4.74 Å². The Bertz CT molecular complexity index is 1440. The maximum atomic E-state index is 6.68. The van der Waals surface area contributed by atoms with Gasteiger partial charge in [-0.25, -0.2) is 9.97 Å². The molecule has 0 aliphatic carbocycles. The van der Waals surface area contributed by atoms with E-state index in [2.05, 4.69) is 25.4 Å². The summed E-state index contributed by atoms with van der Waals surface area (Å²) in [5.74, 6) is 2.04. The fourth-order valence-electron chi connectivity index (χ4n) is 3.68. The van der Waals surface area contributed by atoms with Crippen LogP contribution < -0.4 is 10.1 Å². The summed E-state index contributed by atoms with van der Waals surface area (Å²) >= 11 is 6.68. The summed E-state index contributed by atoms with van der Waals surface area (Å²) in [5.41, 5.74) is 4.73. The first-order valence-electron chi connectivity index (χ1n) is 9.99. The highest BCUT2D eigenvalue weighted by Gasteiger charge is 2.20. The summed E-state index contributed by atoms with van der Waals surface area (Å²) in [6, 6.07) is 9.74. The average Bonchev–Trinajstić information content (AvgIpc) is 3.34. The lowest BCUT2D eigenvalue weighted by Gasteiger charge is -2.27. The molecule has 2 aromatic carbocycles. The molecule has 5 aromatic rings. The molecule has 3 aromatic heterocycles. The normalized spacial score (nSPS) is 14.3. The molecule has 1 fully saturated rings. The third-order valence-corrected chi connectivity index (χ3v) is 5.81. The number of hydrogen-bond acceptors (Lipinski definition) is 6. The molecule has 0 saturated carbocycles. The number of nitrogens with one attached hydrogen (secondary N) is 2. The Balaban J connectivity index is 1.35. The zero-order valence-corrected chi connectivity index (χ0v) is 17.4. The number of fused-ring (bicyclic) bond motifs is 2. The van der Waals surface area contributed by atoms with Crippen molar-refractivity contribution in [1.29, 1.82) is 0 Å². The van der Waals surface area contributed by atoms with Gasteiger partial charge in [0.05, 0.1) is 40.7 Å². The van der Waals surface area contributed by atoms with Gasteiger partial charge in [-0.2, -0.15) is 5.10 Å². The second kappa shape index (κ2) is 7.04. The number of benzene rings is 2. The number of rotatable bonds is 4. The van der Waals surface area contributed by atoms with Crippen molar-refractivity contribution in [2.75, 3.05) is 13.1 Å². The van der Waals surface area contributed by atoms with Crippen LogP contribution in [0.25, 0.3) is 33.3 Å². The Hall–Kier alpha value is -3.49. The zero-order valence-electron chi connectivity index (χ0n) is 16.6. The molecular formula is C22H18ClN7O. The molecule has 0 atom stereocenters. The van der Waals surface area contributed by atoms with Crippen molar-refractivity contribution in [2.24, 2.45) is 0 Å². The van der Waals surface area contributed by atoms with E-state index in [1.54, 1.807) is 6.20 Å². The predicted octanol–water partition coefficient (Wildman–Crippen LogP) is 4.27. The maximum absolute atomic E-state index is 6.68. The lowest BCUT2D eigenvalue weighted by molar-refractivity contribution is 0.318. The highest BCUT2D eigenvalue weighted by molar-refractivity contribution is 6.36. The van der Waals surface area contributed by atoms with Crippen molar-refractivity contribution in [1.82, 2.24) is 35.0 Å². The minimum absolute atomic E-state index is 0.391. The molecule has 0 amide bonds. The molecule has 0 radical (unpaired) electrons. The summed E-state index contributed by atoms with van der Waals surface area (Å²) in [6.07, 6.45) is 5.55. The summed E-state index contributed by atoms with van der Waals surface area (Å²) < 4.78 is 8.03. The SMILES string of the molecule is Cc1nc2ccc(Oc3ccc4ncc(-c5cnn(C6CNC6)c5)nc4c3Cl)cc2[nH]1. The van der Waals surface area contributed by atoms with Crippen LogP contribution in [0.3, 0.4) is 0 Å². The van der Waals surface area contributed by atoms with E-state index < -0.39 is 0 Å². The van der Waals surface area contributed by atoms with Gasteiger partial charge in [-0.1, -0.05) is 11.6 Å². The van der Waals surface area contributed by atoms with Gasteiger partial charge in [-0.3, -0.25) is 9.67 Å². The molecule has 8 nitrogen and oxygen atoms in total. The summed E-state index contributed by atoms with van der Waals surface area (Å²) in [5, 5.41) is 8.13. The molecule has 1 aliphatic rings. The van der Waals surface area contributed by atoms with Crippen LogP contribution in [0.2, 0.25) is 5.02 Å². The molecular weight excluding hydrogens is 414 g/mol. The largest absolute Gasteiger partial charge is 0.456 e. The quantitative estimate of drug-likeness (QED) is 0.441. The standard InChI is InChI=1S/C22H18ClN7O/c1-12-27-16-3-2-15(6-18(16)28-12)31-20-5-4-17-22(21(20)23)29-19(10-25-17)13-7-26-30(11-13)14-8-24-9-14/h2-7,10-11,14,24H,8-9H2,1H3,(H,27,28). The van der Waals surface area contributed by atoms with E-state index in [4.69, 9.17) is 21.3 Å². The predicted molar refractivity (Wildman–Crippen MR) is 119 cm³/mol. The Morgan fingerprint density at radius 2 is 1.97 bits per heavy atom. The third-order valence-electron chi connectivity index (χ3n) is 5.45. The van der Waals surface area contributed by atoms with Crippen molar-refractivity contribution in [3.63, 3.8) is 0 Å². The Morgan fingerprint density at radius 3 is 2.81 bits per heavy atom. The van der Waals surface area contributed by atoms with E-state index in [9.17, 15) is 0 Å². The summed E-state index contributed by atoms with van der Waals surface area (Å²) in [7, 11) is 0. The van der Waals surface area contributed by atoms with Crippen LogP contribution in [0, 0.1) is 6.92 Å². The van der Waals surface area contributed by atoms with Crippen LogP contribution in [-0.4, -0.2) is 42.8 Å².